The van der Waals surface area contributed by atoms with Gasteiger partial charge in [-0.15, -0.1) is 0 Å². The summed E-state index contributed by atoms with van der Waals surface area (Å²) in [6, 6.07) is 9.48. The van der Waals surface area contributed by atoms with Crippen molar-refractivity contribution in [2.45, 2.75) is 25.8 Å². The Hall–Kier alpha value is -2.19. The number of morpholine rings is 1. The van der Waals surface area contributed by atoms with E-state index in [0.717, 1.165) is 32.8 Å². The van der Waals surface area contributed by atoms with Crippen molar-refractivity contribution in [2.24, 2.45) is 0 Å². The molecule has 1 saturated heterocycles. The van der Waals surface area contributed by atoms with E-state index in [1.54, 1.807) is 30.3 Å². The highest BCUT2D eigenvalue weighted by atomic mass is 35.5. The van der Waals surface area contributed by atoms with Gasteiger partial charge in [0, 0.05) is 32.6 Å². The lowest BCUT2D eigenvalue weighted by molar-refractivity contribution is -0.124. The number of aromatic nitrogens is 2. The number of halogens is 3. The fourth-order valence-electron chi connectivity index (χ4n) is 4.19. The van der Waals surface area contributed by atoms with Gasteiger partial charge in [0.2, 0.25) is 5.91 Å². The molecule has 4 rings (SSSR count). The van der Waals surface area contributed by atoms with Crippen molar-refractivity contribution in [3.63, 3.8) is 0 Å². The fourth-order valence-corrected chi connectivity index (χ4v) is 4.51. The summed E-state index contributed by atoms with van der Waals surface area (Å²) in [5.41, 5.74) is 1.83. The number of hydrogen-bond donors (Lipinski definition) is 1. The van der Waals surface area contributed by atoms with Gasteiger partial charge >= 0.3 is 0 Å². The molecule has 1 fully saturated rings. The molecule has 1 aliphatic rings. The zero-order chi connectivity index (χ0) is 23.4. The van der Waals surface area contributed by atoms with Crippen molar-refractivity contribution in [1.29, 1.82) is 0 Å². The number of nitrogens with one attached hydrogen (secondary N) is 1. The van der Waals surface area contributed by atoms with E-state index < -0.39 is 6.04 Å². The van der Waals surface area contributed by atoms with Crippen molar-refractivity contribution in [3.05, 3.63) is 63.6 Å². The van der Waals surface area contributed by atoms with Crippen LogP contribution < -0.4 is 5.32 Å². The SMILES string of the molecule is CC[C@H](C(=O)NCCN1CCOCC1)n1c(Cc2ccccc2F)nc2cc(Cl)c(Cl)cc21. The number of amides is 1. The Balaban J connectivity index is 1.63. The van der Waals surface area contributed by atoms with Crippen LogP contribution in [-0.2, 0) is 16.0 Å². The lowest BCUT2D eigenvalue weighted by Crippen LogP contribution is -2.42. The van der Waals surface area contributed by atoms with Crippen molar-refractivity contribution in [3.8, 4) is 0 Å². The predicted molar refractivity (Wildman–Crippen MR) is 129 cm³/mol. The normalized spacial score (nSPS) is 15.6. The molecule has 1 aliphatic heterocycles. The number of rotatable bonds is 8. The third-order valence-electron chi connectivity index (χ3n) is 5.94. The number of ether oxygens (including phenoxy) is 1. The molecule has 2 heterocycles. The van der Waals surface area contributed by atoms with Gasteiger partial charge < -0.3 is 14.6 Å². The van der Waals surface area contributed by atoms with Crippen molar-refractivity contribution >= 4 is 40.1 Å². The minimum absolute atomic E-state index is 0.106. The number of fused-ring (bicyclic) bond motifs is 1. The fraction of sp³-hybridized carbons (Fsp3) is 0.417. The minimum atomic E-state index is -0.515. The minimum Gasteiger partial charge on any atom is -0.379 e. The number of hydrogen-bond acceptors (Lipinski definition) is 4. The summed E-state index contributed by atoms with van der Waals surface area (Å²) >= 11 is 12.5. The zero-order valence-electron chi connectivity index (χ0n) is 18.5. The molecule has 2 aromatic carbocycles. The first-order chi connectivity index (χ1) is 16.0. The van der Waals surface area contributed by atoms with E-state index in [2.05, 4.69) is 10.2 Å². The molecule has 0 bridgehead atoms. The molecule has 1 N–H and O–H groups in total. The highest BCUT2D eigenvalue weighted by molar-refractivity contribution is 6.42. The van der Waals surface area contributed by atoms with Crippen molar-refractivity contribution in [2.75, 3.05) is 39.4 Å². The maximum absolute atomic E-state index is 14.4. The Bertz CT molecular complexity index is 1130. The second kappa shape index (κ2) is 10.8. The van der Waals surface area contributed by atoms with Gasteiger partial charge in [0.15, 0.2) is 0 Å². The summed E-state index contributed by atoms with van der Waals surface area (Å²) in [4.78, 5) is 20.2. The van der Waals surface area contributed by atoms with Gasteiger partial charge in [0.1, 0.15) is 17.7 Å². The zero-order valence-corrected chi connectivity index (χ0v) is 20.0. The topological polar surface area (TPSA) is 59.4 Å². The average molecular weight is 493 g/mol. The van der Waals surface area contributed by atoms with E-state index in [0.29, 0.717) is 45.4 Å². The Kier molecular flexibility index (Phi) is 7.86. The smallest absolute Gasteiger partial charge is 0.243 e. The van der Waals surface area contributed by atoms with Gasteiger partial charge in [-0.3, -0.25) is 9.69 Å². The highest BCUT2D eigenvalue weighted by Crippen LogP contribution is 2.32. The van der Waals surface area contributed by atoms with E-state index in [1.165, 1.54) is 6.07 Å². The number of imidazole rings is 1. The maximum atomic E-state index is 14.4. The Morgan fingerprint density at radius 3 is 2.67 bits per heavy atom. The molecule has 1 atom stereocenters. The lowest BCUT2D eigenvalue weighted by Gasteiger charge is -2.27. The Labute approximate surface area is 202 Å². The largest absolute Gasteiger partial charge is 0.379 e. The van der Waals surface area contributed by atoms with Crippen molar-refractivity contribution in [1.82, 2.24) is 19.8 Å². The quantitative estimate of drug-likeness (QED) is 0.503. The first kappa shape index (κ1) is 24.0. The van der Waals surface area contributed by atoms with Crippen LogP contribution in [0.2, 0.25) is 10.0 Å². The summed E-state index contributed by atoms with van der Waals surface area (Å²) in [7, 11) is 0. The number of benzene rings is 2. The third-order valence-corrected chi connectivity index (χ3v) is 6.67. The predicted octanol–water partition coefficient (Wildman–Crippen LogP) is 4.47. The van der Waals surface area contributed by atoms with Crippen LogP contribution in [0.1, 0.15) is 30.8 Å². The highest BCUT2D eigenvalue weighted by Gasteiger charge is 2.25. The van der Waals surface area contributed by atoms with Gasteiger partial charge in [-0.05, 0) is 30.2 Å². The standard InChI is InChI=1S/C24H27Cl2FN4O2/c1-2-21(24(32)28-7-8-30-9-11-33-12-10-30)31-22-15-18(26)17(25)14-20(22)29-23(31)13-16-5-3-4-6-19(16)27/h3-6,14-15,21H,2,7-13H2,1H3,(H,28,32)/t21-/m1/s1. The van der Waals surface area contributed by atoms with E-state index in [4.69, 9.17) is 32.9 Å². The molecular weight excluding hydrogens is 466 g/mol. The molecule has 3 aromatic rings. The summed E-state index contributed by atoms with van der Waals surface area (Å²) in [6.07, 6.45) is 0.785. The summed E-state index contributed by atoms with van der Waals surface area (Å²) in [5.74, 6) is 0.171. The van der Waals surface area contributed by atoms with Crippen LogP contribution in [0.15, 0.2) is 36.4 Å². The van der Waals surface area contributed by atoms with Crippen LogP contribution in [0.25, 0.3) is 11.0 Å². The van der Waals surface area contributed by atoms with Gasteiger partial charge in [0.25, 0.3) is 0 Å². The molecule has 0 aliphatic carbocycles. The number of nitrogens with zero attached hydrogens (tertiary/aromatic N) is 3. The molecular formula is C24H27Cl2FN4O2. The second-order valence-corrected chi connectivity index (χ2v) is 8.90. The van der Waals surface area contributed by atoms with Crippen LogP contribution in [0.3, 0.4) is 0 Å². The van der Waals surface area contributed by atoms with Crippen LogP contribution in [-0.4, -0.2) is 59.8 Å². The van der Waals surface area contributed by atoms with Crippen LogP contribution in [0.5, 0.6) is 0 Å². The molecule has 6 nitrogen and oxygen atoms in total. The molecule has 0 radical (unpaired) electrons. The number of carbonyl (C=O) groups excluding carboxylic acids is 1. The average Bonchev–Trinajstić information content (AvgIpc) is 3.13. The summed E-state index contributed by atoms with van der Waals surface area (Å²) in [6.45, 7) is 6.42. The Morgan fingerprint density at radius 2 is 1.94 bits per heavy atom. The third kappa shape index (κ3) is 5.49. The first-order valence-corrected chi connectivity index (χ1v) is 11.9. The first-order valence-electron chi connectivity index (χ1n) is 11.1. The van der Waals surface area contributed by atoms with Crippen LogP contribution >= 0.6 is 23.2 Å². The molecule has 9 heteroatoms. The van der Waals surface area contributed by atoms with Crippen LogP contribution in [0.4, 0.5) is 4.39 Å². The second-order valence-electron chi connectivity index (χ2n) is 8.09. The summed E-state index contributed by atoms with van der Waals surface area (Å²) < 4.78 is 21.6. The van der Waals surface area contributed by atoms with E-state index in [-0.39, 0.29) is 18.1 Å². The molecule has 0 spiro atoms. The summed E-state index contributed by atoms with van der Waals surface area (Å²) in [5, 5.41) is 3.82. The molecule has 0 saturated carbocycles. The molecule has 176 valence electrons. The van der Waals surface area contributed by atoms with Crippen molar-refractivity contribution < 1.29 is 13.9 Å². The van der Waals surface area contributed by atoms with Gasteiger partial charge in [-0.25, -0.2) is 9.37 Å². The van der Waals surface area contributed by atoms with Gasteiger partial charge in [0.05, 0.1) is 34.3 Å². The molecule has 33 heavy (non-hydrogen) atoms. The van der Waals surface area contributed by atoms with E-state index in [1.807, 2.05) is 11.5 Å². The lowest BCUT2D eigenvalue weighted by atomic mass is 10.1. The monoisotopic (exact) mass is 492 g/mol. The van der Waals surface area contributed by atoms with Gasteiger partial charge in [-0.1, -0.05) is 48.3 Å². The maximum Gasteiger partial charge on any atom is 0.243 e. The van der Waals surface area contributed by atoms with Crippen LogP contribution in [0, 0.1) is 5.82 Å². The molecule has 1 aromatic heterocycles. The molecule has 1 amide bonds. The number of carbonyl (C=O) groups is 1. The Morgan fingerprint density at radius 1 is 1.21 bits per heavy atom. The van der Waals surface area contributed by atoms with E-state index >= 15 is 0 Å². The van der Waals surface area contributed by atoms with E-state index in [9.17, 15) is 9.18 Å². The molecule has 0 unspecified atom stereocenters. The van der Waals surface area contributed by atoms with Gasteiger partial charge in [-0.2, -0.15) is 0 Å².